The summed E-state index contributed by atoms with van der Waals surface area (Å²) in [7, 11) is 0. The Bertz CT molecular complexity index is 328. The van der Waals surface area contributed by atoms with Crippen molar-refractivity contribution >= 4 is 0 Å². The molecule has 1 aliphatic heterocycles. The lowest BCUT2D eigenvalue weighted by Gasteiger charge is -2.37. The fourth-order valence-electron chi connectivity index (χ4n) is 3.01. The summed E-state index contributed by atoms with van der Waals surface area (Å²) in [5.74, 6) is 0.749. The molecule has 0 saturated carbocycles. The number of benzene rings is 1. The fraction of sp³-hybridized carbons (Fsp3) is 0.625. The summed E-state index contributed by atoms with van der Waals surface area (Å²) in [4.78, 5) is 2.66. The maximum absolute atomic E-state index is 5.78. The smallest absolute Gasteiger partial charge is 0.0348 e. The average Bonchev–Trinajstić information content (AvgIpc) is 2.46. The molecule has 0 aliphatic carbocycles. The molecule has 2 heteroatoms. The Morgan fingerprint density at radius 3 is 2.44 bits per heavy atom. The molecule has 0 spiro atoms. The molecule has 100 valence electrons. The highest BCUT2D eigenvalue weighted by molar-refractivity contribution is 5.19. The first-order valence-corrected chi connectivity index (χ1v) is 7.34. The van der Waals surface area contributed by atoms with E-state index in [2.05, 4.69) is 42.2 Å². The van der Waals surface area contributed by atoms with E-state index in [0.29, 0.717) is 6.04 Å². The van der Waals surface area contributed by atoms with Crippen LogP contribution < -0.4 is 5.73 Å². The molecular formula is C16H26N2. The van der Waals surface area contributed by atoms with Gasteiger partial charge in [0.25, 0.3) is 0 Å². The van der Waals surface area contributed by atoms with Gasteiger partial charge in [-0.25, -0.2) is 0 Å². The van der Waals surface area contributed by atoms with Crippen molar-refractivity contribution in [2.75, 3.05) is 19.6 Å². The quantitative estimate of drug-likeness (QED) is 0.864. The van der Waals surface area contributed by atoms with Crippen LogP contribution in [0, 0.1) is 5.92 Å². The maximum atomic E-state index is 5.78. The Hall–Kier alpha value is -0.860. The molecule has 0 bridgehead atoms. The van der Waals surface area contributed by atoms with Crippen LogP contribution in [0.25, 0.3) is 0 Å². The first-order valence-electron chi connectivity index (χ1n) is 7.34. The molecule has 1 saturated heterocycles. The predicted octanol–water partition coefficient (Wildman–Crippen LogP) is 3.20. The lowest BCUT2D eigenvalue weighted by Crippen LogP contribution is -2.38. The zero-order valence-corrected chi connectivity index (χ0v) is 11.5. The standard InChI is InChI=1S/C16H26N2/c1-2-6-16(15-7-4-3-5-8-15)18-11-9-14(13-17)10-12-18/h3-5,7-8,14,16H,2,6,9-13,17H2,1H3. The highest BCUT2D eigenvalue weighted by Gasteiger charge is 2.24. The predicted molar refractivity (Wildman–Crippen MR) is 77.4 cm³/mol. The van der Waals surface area contributed by atoms with Crippen molar-refractivity contribution in [3.8, 4) is 0 Å². The molecule has 2 N–H and O–H groups in total. The summed E-state index contributed by atoms with van der Waals surface area (Å²) in [5, 5.41) is 0. The largest absolute Gasteiger partial charge is 0.330 e. The Balaban J connectivity index is 2.02. The van der Waals surface area contributed by atoms with Crippen molar-refractivity contribution in [2.45, 2.75) is 38.6 Å². The van der Waals surface area contributed by atoms with E-state index in [-0.39, 0.29) is 0 Å². The minimum absolute atomic E-state index is 0.606. The van der Waals surface area contributed by atoms with Crippen LogP contribution in [-0.2, 0) is 0 Å². The van der Waals surface area contributed by atoms with Gasteiger partial charge in [-0.3, -0.25) is 4.90 Å². The third kappa shape index (κ3) is 3.33. The van der Waals surface area contributed by atoms with Crippen LogP contribution in [0.3, 0.4) is 0 Å². The second-order valence-corrected chi connectivity index (χ2v) is 5.43. The summed E-state index contributed by atoms with van der Waals surface area (Å²) in [5.41, 5.74) is 7.25. The van der Waals surface area contributed by atoms with E-state index in [9.17, 15) is 0 Å². The van der Waals surface area contributed by atoms with Crippen LogP contribution in [0.5, 0.6) is 0 Å². The van der Waals surface area contributed by atoms with Gasteiger partial charge >= 0.3 is 0 Å². The molecule has 2 rings (SSSR count). The fourth-order valence-corrected chi connectivity index (χ4v) is 3.01. The Kier molecular flexibility index (Phi) is 5.21. The molecule has 0 radical (unpaired) electrons. The van der Waals surface area contributed by atoms with Gasteiger partial charge in [-0.1, -0.05) is 43.7 Å². The second kappa shape index (κ2) is 6.91. The van der Waals surface area contributed by atoms with Crippen LogP contribution in [-0.4, -0.2) is 24.5 Å². The normalized spacial score (nSPS) is 19.9. The molecule has 18 heavy (non-hydrogen) atoms. The molecule has 0 amide bonds. The van der Waals surface area contributed by atoms with E-state index in [1.165, 1.54) is 44.3 Å². The lowest BCUT2D eigenvalue weighted by atomic mass is 9.93. The first-order chi connectivity index (χ1) is 8.85. The van der Waals surface area contributed by atoms with Crippen LogP contribution in [0.15, 0.2) is 30.3 Å². The van der Waals surface area contributed by atoms with E-state index >= 15 is 0 Å². The van der Waals surface area contributed by atoms with Crippen molar-refractivity contribution in [3.63, 3.8) is 0 Å². The van der Waals surface area contributed by atoms with Gasteiger partial charge in [0.2, 0.25) is 0 Å². The van der Waals surface area contributed by atoms with Gasteiger partial charge in [-0.05, 0) is 50.4 Å². The number of nitrogens with two attached hydrogens (primary N) is 1. The number of hydrogen-bond donors (Lipinski definition) is 1. The molecule has 1 unspecified atom stereocenters. The Morgan fingerprint density at radius 2 is 1.89 bits per heavy atom. The molecule has 1 atom stereocenters. The van der Waals surface area contributed by atoms with Crippen molar-refractivity contribution in [3.05, 3.63) is 35.9 Å². The van der Waals surface area contributed by atoms with Crippen molar-refractivity contribution in [1.82, 2.24) is 4.90 Å². The van der Waals surface area contributed by atoms with Gasteiger partial charge in [-0.15, -0.1) is 0 Å². The van der Waals surface area contributed by atoms with E-state index in [4.69, 9.17) is 5.73 Å². The van der Waals surface area contributed by atoms with Gasteiger partial charge in [0, 0.05) is 6.04 Å². The molecule has 1 aromatic carbocycles. The SMILES string of the molecule is CCCC(c1ccccc1)N1CCC(CN)CC1. The third-order valence-electron chi connectivity index (χ3n) is 4.17. The minimum Gasteiger partial charge on any atom is -0.330 e. The number of piperidine rings is 1. The summed E-state index contributed by atoms with van der Waals surface area (Å²) >= 11 is 0. The molecule has 2 nitrogen and oxygen atoms in total. The van der Waals surface area contributed by atoms with Gasteiger partial charge in [0.1, 0.15) is 0 Å². The van der Waals surface area contributed by atoms with E-state index in [1.807, 2.05) is 0 Å². The van der Waals surface area contributed by atoms with Crippen molar-refractivity contribution < 1.29 is 0 Å². The molecule has 1 aliphatic rings. The molecule has 1 aromatic rings. The van der Waals surface area contributed by atoms with Crippen molar-refractivity contribution in [2.24, 2.45) is 11.7 Å². The number of nitrogens with zero attached hydrogens (tertiary/aromatic N) is 1. The van der Waals surface area contributed by atoms with E-state index in [0.717, 1.165) is 12.5 Å². The molecule has 0 aromatic heterocycles. The molecular weight excluding hydrogens is 220 g/mol. The van der Waals surface area contributed by atoms with Crippen LogP contribution >= 0.6 is 0 Å². The zero-order valence-electron chi connectivity index (χ0n) is 11.5. The number of hydrogen-bond acceptors (Lipinski definition) is 2. The van der Waals surface area contributed by atoms with Gasteiger partial charge in [0.05, 0.1) is 0 Å². The topological polar surface area (TPSA) is 29.3 Å². The monoisotopic (exact) mass is 246 g/mol. The number of rotatable bonds is 5. The maximum Gasteiger partial charge on any atom is 0.0348 e. The first kappa shape index (κ1) is 13.6. The van der Waals surface area contributed by atoms with Crippen LogP contribution in [0.1, 0.15) is 44.2 Å². The zero-order chi connectivity index (χ0) is 12.8. The van der Waals surface area contributed by atoms with E-state index in [1.54, 1.807) is 0 Å². The Morgan fingerprint density at radius 1 is 1.22 bits per heavy atom. The van der Waals surface area contributed by atoms with Crippen molar-refractivity contribution in [1.29, 1.82) is 0 Å². The highest BCUT2D eigenvalue weighted by atomic mass is 15.2. The van der Waals surface area contributed by atoms with Crippen LogP contribution in [0.2, 0.25) is 0 Å². The third-order valence-corrected chi connectivity index (χ3v) is 4.17. The number of likely N-dealkylation sites (tertiary alicyclic amines) is 1. The van der Waals surface area contributed by atoms with Crippen LogP contribution in [0.4, 0.5) is 0 Å². The molecule has 1 heterocycles. The van der Waals surface area contributed by atoms with Gasteiger partial charge in [-0.2, -0.15) is 0 Å². The Labute approximate surface area is 111 Å². The minimum atomic E-state index is 0.606. The highest BCUT2D eigenvalue weighted by Crippen LogP contribution is 2.29. The van der Waals surface area contributed by atoms with Gasteiger partial charge in [0.15, 0.2) is 0 Å². The summed E-state index contributed by atoms with van der Waals surface area (Å²) in [6.07, 6.45) is 5.04. The summed E-state index contributed by atoms with van der Waals surface area (Å²) < 4.78 is 0. The van der Waals surface area contributed by atoms with Gasteiger partial charge < -0.3 is 5.73 Å². The lowest BCUT2D eigenvalue weighted by molar-refractivity contribution is 0.127. The molecule has 1 fully saturated rings. The van der Waals surface area contributed by atoms with E-state index < -0.39 is 0 Å². The summed E-state index contributed by atoms with van der Waals surface area (Å²) in [6.45, 7) is 5.56. The second-order valence-electron chi connectivity index (χ2n) is 5.43. The average molecular weight is 246 g/mol. The summed E-state index contributed by atoms with van der Waals surface area (Å²) in [6, 6.07) is 11.6.